The van der Waals surface area contributed by atoms with Crippen LogP contribution in [0, 0.1) is 6.92 Å². The Morgan fingerprint density at radius 2 is 1.83 bits per heavy atom. The molecule has 0 atom stereocenters. The molecular formula is C13H15N3O2. The van der Waals surface area contributed by atoms with Gasteiger partial charge in [0.15, 0.2) is 0 Å². The average molecular weight is 245 g/mol. The van der Waals surface area contributed by atoms with Gasteiger partial charge in [0.25, 0.3) is 5.56 Å². The van der Waals surface area contributed by atoms with Gasteiger partial charge in [-0.25, -0.2) is 5.43 Å². The highest BCUT2D eigenvalue weighted by molar-refractivity contribution is 5.81. The van der Waals surface area contributed by atoms with E-state index in [0.29, 0.717) is 5.56 Å². The molecule has 0 spiro atoms. The first-order chi connectivity index (χ1) is 8.52. The van der Waals surface area contributed by atoms with E-state index in [2.05, 4.69) is 5.43 Å². The number of nitrogens with one attached hydrogen (secondary N) is 1. The van der Waals surface area contributed by atoms with Crippen molar-refractivity contribution in [1.29, 1.82) is 0 Å². The first-order valence-corrected chi connectivity index (χ1v) is 5.64. The second-order valence-electron chi connectivity index (χ2n) is 4.13. The van der Waals surface area contributed by atoms with E-state index in [1.54, 1.807) is 11.7 Å². The quantitative estimate of drug-likeness (QED) is 0.865. The molecule has 1 N–H and O–H groups in total. The van der Waals surface area contributed by atoms with Crippen LogP contribution in [0.4, 0.5) is 0 Å². The van der Waals surface area contributed by atoms with Gasteiger partial charge in [-0.05, 0) is 12.5 Å². The third-order valence-corrected chi connectivity index (χ3v) is 2.88. The molecule has 0 radical (unpaired) electrons. The second kappa shape index (κ2) is 4.52. The van der Waals surface area contributed by atoms with Gasteiger partial charge >= 0.3 is 0 Å². The lowest BCUT2D eigenvalue weighted by atomic mass is 10.1. The van der Waals surface area contributed by atoms with Gasteiger partial charge in [-0.3, -0.25) is 14.3 Å². The molecule has 0 saturated heterocycles. The summed E-state index contributed by atoms with van der Waals surface area (Å²) in [5.74, 6) is -0.280. The average Bonchev–Trinajstić information content (AvgIpc) is 2.54. The highest BCUT2D eigenvalue weighted by Gasteiger charge is 2.16. The molecular weight excluding hydrogens is 230 g/mol. The number of nitrogens with zero attached hydrogens (tertiary/aromatic N) is 2. The Bertz CT molecular complexity index is 638. The van der Waals surface area contributed by atoms with Crippen LogP contribution in [0.15, 0.2) is 35.1 Å². The summed E-state index contributed by atoms with van der Waals surface area (Å²) in [4.78, 5) is 24.6. The standard InChI is InChI=1S/C13H15N3O2/c1-9-12(11-7-5-4-6-8-11)13(18)16(15(9)3)14-10(2)17/h4-8H,1-3H3,(H,14,17). The van der Waals surface area contributed by atoms with Crippen LogP contribution in [0.25, 0.3) is 11.1 Å². The molecule has 0 aliphatic carbocycles. The molecule has 0 fully saturated rings. The van der Waals surface area contributed by atoms with E-state index in [1.165, 1.54) is 11.7 Å². The summed E-state index contributed by atoms with van der Waals surface area (Å²) in [6, 6.07) is 9.41. The van der Waals surface area contributed by atoms with Crippen molar-refractivity contribution < 1.29 is 4.79 Å². The van der Waals surface area contributed by atoms with E-state index < -0.39 is 0 Å². The van der Waals surface area contributed by atoms with Gasteiger partial charge in [-0.1, -0.05) is 30.3 Å². The Hall–Kier alpha value is -2.30. The minimum absolute atomic E-state index is 0.226. The van der Waals surface area contributed by atoms with Crippen molar-refractivity contribution in [1.82, 2.24) is 9.47 Å². The van der Waals surface area contributed by atoms with Gasteiger partial charge in [0.05, 0.1) is 5.56 Å². The minimum Gasteiger partial charge on any atom is -0.274 e. The van der Waals surface area contributed by atoms with E-state index in [-0.39, 0.29) is 11.5 Å². The number of carbonyl (C=O) groups excluding carboxylic acids is 1. The van der Waals surface area contributed by atoms with Gasteiger partial charge in [0.2, 0.25) is 5.91 Å². The van der Waals surface area contributed by atoms with Crippen LogP contribution >= 0.6 is 0 Å². The number of rotatable bonds is 2. The van der Waals surface area contributed by atoms with E-state index in [9.17, 15) is 9.59 Å². The molecule has 18 heavy (non-hydrogen) atoms. The fraction of sp³-hybridized carbons (Fsp3) is 0.231. The predicted molar refractivity (Wildman–Crippen MR) is 69.9 cm³/mol. The van der Waals surface area contributed by atoms with Crippen LogP contribution in [0.3, 0.4) is 0 Å². The number of aromatic nitrogens is 2. The Balaban J connectivity index is 2.64. The first-order valence-electron chi connectivity index (χ1n) is 5.64. The molecule has 1 aromatic carbocycles. The van der Waals surface area contributed by atoms with Crippen molar-refractivity contribution in [2.75, 3.05) is 5.43 Å². The van der Waals surface area contributed by atoms with Crippen molar-refractivity contribution in [3.8, 4) is 11.1 Å². The van der Waals surface area contributed by atoms with E-state index in [0.717, 1.165) is 11.3 Å². The Kier molecular flexibility index (Phi) is 3.06. The Labute approximate surface area is 105 Å². The van der Waals surface area contributed by atoms with Crippen molar-refractivity contribution in [2.24, 2.45) is 7.05 Å². The van der Waals surface area contributed by atoms with Crippen LogP contribution in [-0.4, -0.2) is 15.4 Å². The zero-order valence-corrected chi connectivity index (χ0v) is 10.6. The number of hydrogen-bond donors (Lipinski definition) is 1. The smallest absolute Gasteiger partial charge is 0.274 e. The number of benzene rings is 1. The zero-order chi connectivity index (χ0) is 13.3. The number of amides is 1. The van der Waals surface area contributed by atoms with Crippen LogP contribution in [-0.2, 0) is 11.8 Å². The number of carbonyl (C=O) groups is 1. The Morgan fingerprint density at radius 1 is 1.22 bits per heavy atom. The summed E-state index contributed by atoms with van der Waals surface area (Å²) < 4.78 is 1.63. The van der Waals surface area contributed by atoms with Crippen LogP contribution in [0.1, 0.15) is 12.6 Å². The monoisotopic (exact) mass is 245 g/mol. The van der Waals surface area contributed by atoms with Crippen LogP contribution in [0.2, 0.25) is 0 Å². The molecule has 5 heteroatoms. The molecule has 5 nitrogen and oxygen atoms in total. The maximum absolute atomic E-state index is 12.3. The van der Waals surface area contributed by atoms with Gasteiger partial charge in [0, 0.05) is 19.7 Å². The summed E-state index contributed by atoms with van der Waals surface area (Å²) in [6.45, 7) is 3.22. The maximum Gasteiger partial charge on any atom is 0.294 e. The number of hydrogen-bond acceptors (Lipinski definition) is 2. The summed E-state index contributed by atoms with van der Waals surface area (Å²) >= 11 is 0. The van der Waals surface area contributed by atoms with Crippen molar-refractivity contribution >= 4 is 5.91 Å². The van der Waals surface area contributed by atoms with E-state index >= 15 is 0 Å². The maximum atomic E-state index is 12.3. The lowest BCUT2D eigenvalue weighted by molar-refractivity contribution is -0.115. The van der Waals surface area contributed by atoms with Gasteiger partial charge < -0.3 is 0 Å². The molecule has 94 valence electrons. The minimum atomic E-state index is -0.280. The molecule has 2 rings (SSSR count). The molecule has 0 aliphatic heterocycles. The third kappa shape index (κ3) is 1.95. The van der Waals surface area contributed by atoms with Gasteiger partial charge in [-0.2, -0.15) is 4.79 Å². The van der Waals surface area contributed by atoms with Crippen LogP contribution in [0.5, 0.6) is 0 Å². The molecule has 0 saturated carbocycles. The fourth-order valence-electron chi connectivity index (χ4n) is 1.92. The highest BCUT2D eigenvalue weighted by Crippen LogP contribution is 2.18. The summed E-state index contributed by atoms with van der Waals surface area (Å²) in [6.07, 6.45) is 0. The van der Waals surface area contributed by atoms with Crippen molar-refractivity contribution in [2.45, 2.75) is 13.8 Å². The van der Waals surface area contributed by atoms with Crippen molar-refractivity contribution in [3.05, 3.63) is 46.4 Å². The molecule has 0 aliphatic rings. The lowest BCUT2D eigenvalue weighted by Crippen LogP contribution is -2.34. The predicted octanol–water partition coefficient (Wildman–Crippen LogP) is 1.25. The SMILES string of the molecule is CC(=O)Nn1c(=O)c(-c2ccccc2)c(C)n1C. The van der Waals surface area contributed by atoms with Gasteiger partial charge in [0.1, 0.15) is 0 Å². The first kappa shape index (κ1) is 12.2. The Morgan fingerprint density at radius 3 is 2.39 bits per heavy atom. The summed E-state index contributed by atoms with van der Waals surface area (Å²) in [7, 11) is 1.74. The highest BCUT2D eigenvalue weighted by atomic mass is 16.2. The van der Waals surface area contributed by atoms with Crippen molar-refractivity contribution in [3.63, 3.8) is 0 Å². The molecule has 1 amide bonds. The summed E-state index contributed by atoms with van der Waals surface area (Å²) in [5, 5.41) is 0. The molecule has 0 bridgehead atoms. The second-order valence-corrected chi connectivity index (χ2v) is 4.13. The van der Waals surface area contributed by atoms with Gasteiger partial charge in [-0.15, -0.1) is 0 Å². The third-order valence-electron chi connectivity index (χ3n) is 2.88. The molecule has 0 unspecified atom stereocenters. The molecule has 2 aromatic rings. The summed E-state index contributed by atoms with van der Waals surface area (Å²) in [5.41, 5.74) is 4.53. The molecule has 1 aromatic heterocycles. The molecule has 1 heterocycles. The zero-order valence-electron chi connectivity index (χ0n) is 10.6. The largest absolute Gasteiger partial charge is 0.294 e. The fourth-order valence-corrected chi connectivity index (χ4v) is 1.92. The van der Waals surface area contributed by atoms with Crippen LogP contribution < -0.4 is 11.0 Å². The van der Waals surface area contributed by atoms with E-state index in [4.69, 9.17) is 0 Å². The topological polar surface area (TPSA) is 56.0 Å². The van der Waals surface area contributed by atoms with E-state index in [1.807, 2.05) is 37.3 Å². The normalized spacial score (nSPS) is 10.4. The lowest BCUT2D eigenvalue weighted by Gasteiger charge is -2.06.